The Bertz CT molecular complexity index is 1030. The van der Waals surface area contributed by atoms with Crippen molar-refractivity contribution in [1.29, 1.82) is 0 Å². The summed E-state index contributed by atoms with van der Waals surface area (Å²) in [6, 6.07) is 26.4. The molecule has 170 valence electrons. The van der Waals surface area contributed by atoms with E-state index in [4.69, 9.17) is 0 Å². The lowest BCUT2D eigenvalue weighted by atomic mass is 10.00. The Labute approximate surface area is 197 Å². The summed E-state index contributed by atoms with van der Waals surface area (Å²) >= 11 is 0. The lowest BCUT2D eigenvalue weighted by molar-refractivity contribution is 0.360. The van der Waals surface area contributed by atoms with Gasteiger partial charge in [0.2, 0.25) is 0 Å². The van der Waals surface area contributed by atoms with Gasteiger partial charge in [0.1, 0.15) is 11.9 Å². The van der Waals surface area contributed by atoms with Crippen LogP contribution in [0.4, 0.5) is 4.39 Å². The van der Waals surface area contributed by atoms with Crippen LogP contribution in [0.25, 0.3) is 0 Å². The zero-order valence-corrected chi connectivity index (χ0v) is 19.5. The van der Waals surface area contributed by atoms with Gasteiger partial charge >= 0.3 is 0 Å². The average molecular weight is 441 g/mol. The highest BCUT2D eigenvalue weighted by molar-refractivity contribution is 6.13. The summed E-state index contributed by atoms with van der Waals surface area (Å²) in [5, 5.41) is 8.94. The molecule has 1 atom stereocenters. The van der Waals surface area contributed by atoms with Gasteiger partial charge in [0.15, 0.2) is 0 Å². The second-order valence-corrected chi connectivity index (χ2v) is 8.37. The van der Waals surface area contributed by atoms with Gasteiger partial charge in [-0.25, -0.2) is 4.39 Å². The van der Waals surface area contributed by atoms with Crippen LogP contribution in [0.3, 0.4) is 0 Å². The molecule has 0 spiro atoms. The van der Waals surface area contributed by atoms with E-state index < -0.39 is 6.17 Å². The van der Waals surface area contributed by atoms with Crippen LogP contribution in [0.15, 0.2) is 102 Å². The molecule has 0 aliphatic heterocycles. The van der Waals surface area contributed by atoms with Crippen LogP contribution in [0.5, 0.6) is 0 Å². The van der Waals surface area contributed by atoms with E-state index in [1.807, 2.05) is 60.7 Å². The summed E-state index contributed by atoms with van der Waals surface area (Å²) in [5.74, 6) is 0. The molecule has 0 aromatic heterocycles. The van der Waals surface area contributed by atoms with Crippen molar-refractivity contribution in [2.24, 2.45) is 10.2 Å². The molecular formula is C30H33FN2. The first kappa shape index (κ1) is 24.3. The molecule has 33 heavy (non-hydrogen) atoms. The van der Waals surface area contributed by atoms with Crippen LogP contribution in [-0.2, 0) is 12.8 Å². The molecule has 0 amide bonds. The van der Waals surface area contributed by atoms with Gasteiger partial charge in [-0.15, -0.1) is 11.7 Å². The predicted octanol–water partition coefficient (Wildman–Crippen LogP) is 7.75. The first-order valence-electron chi connectivity index (χ1n) is 11.8. The second-order valence-electron chi connectivity index (χ2n) is 8.37. The second kappa shape index (κ2) is 13.3. The Kier molecular flexibility index (Phi) is 9.78. The third-order valence-electron chi connectivity index (χ3n) is 5.51. The third kappa shape index (κ3) is 8.27. The molecule has 0 aliphatic rings. The van der Waals surface area contributed by atoms with E-state index in [1.54, 1.807) is 13.1 Å². The molecule has 0 aliphatic carbocycles. The lowest BCUT2D eigenvalue weighted by Gasteiger charge is -2.08. The van der Waals surface area contributed by atoms with Crippen LogP contribution in [0, 0.1) is 0 Å². The summed E-state index contributed by atoms with van der Waals surface area (Å²) in [7, 11) is 0. The Balaban J connectivity index is 1.71. The van der Waals surface area contributed by atoms with Crippen LogP contribution in [0.2, 0.25) is 0 Å². The Hall–Kier alpha value is -3.33. The smallest absolute Gasteiger partial charge is 0.101 e. The number of halogens is 1. The fraction of sp³-hybridized carbons (Fsp3) is 0.267. The van der Waals surface area contributed by atoms with Gasteiger partial charge in [0.05, 0.1) is 6.21 Å². The van der Waals surface area contributed by atoms with Gasteiger partial charge in [-0.3, -0.25) is 0 Å². The van der Waals surface area contributed by atoms with Crippen LogP contribution < -0.4 is 0 Å². The first-order chi connectivity index (χ1) is 16.2. The van der Waals surface area contributed by atoms with Crippen molar-refractivity contribution in [3.05, 3.63) is 119 Å². The van der Waals surface area contributed by atoms with Crippen molar-refractivity contribution >= 4 is 11.9 Å². The molecule has 3 rings (SSSR count). The topological polar surface area (TPSA) is 24.7 Å². The fourth-order valence-corrected chi connectivity index (χ4v) is 3.72. The van der Waals surface area contributed by atoms with Gasteiger partial charge < -0.3 is 0 Å². The number of alkyl halides is 1. The van der Waals surface area contributed by atoms with Gasteiger partial charge in [-0.2, -0.15) is 5.10 Å². The summed E-state index contributed by atoms with van der Waals surface area (Å²) in [6.07, 6.45) is 9.19. The maximum atomic E-state index is 13.3. The monoisotopic (exact) mass is 440 g/mol. The molecule has 0 N–H and O–H groups in total. The van der Waals surface area contributed by atoms with Crippen molar-refractivity contribution in [2.75, 3.05) is 0 Å². The van der Waals surface area contributed by atoms with Crippen molar-refractivity contribution in [3.63, 3.8) is 0 Å². The van der Waals surface area contributed by atoms with Crippen LogP contribution >= 0.6 is 0 Å². The van der Waals surface area contributed by atoms with E-state index in [1.165, 1.54) is 24.8 Å². The van der Waals surface area contributed by atoms with Crippen LogP contribution in [0.1, 0.15) is 60.4 Å². The van der Waals surface area contributed by atoms with Crippen molar-refractivity contribution < 1.29 is 4.39 Å². The largest absolute Gasteiger partial charge is 0.247 e. The molecule has 0 saturated carbocycles. The molecule has 0 saturated heterocycles. The Morgan fingerprint density at radius 3 is 2.18 bits per heavy atom. The number of hydrogen-bond donors (Lipinski definition) is 0. The first-order valence-corrected chi connectivity index (χ1v) is 11.8. The zero-order chi connectivity index (χ0) is 23.3. The summed E-state index contributed by atoms with van der Waals surface area (Å²) in [4.78, 5) is 0. The number of allylic oxidation sites excluding steroid dienone is 1. The van der Waals surface area contributed by atoms with E-state index >= 15 is 0 Å². The molecule has 1 unspecified atom stereocenters. The van der Waals surface area contributed by atoms with Gasteiger partial charge in [0, 0.05) is 17.5 Å². The fourth-order valence-electron chi connectivity index (χ4n) is 3.72. The predicted molar refractivity (Wildman–Crippen MR) is 139 cm³/mol. The van der Waals surface area contributed by atoms with E-state index in [0.29, 0.717) is 6.42 Å². The maximum Gasteiger partial charge on any atom is 0.101 e. The molecule has 0 radical (unpaired) electrons. The molecular weight excluding hydrogens is 407 g/mol. The molecule has 0 heterocycles. The summed E-state index contributed by atoms with van der Waals surface area (Å²) < 4.78 is 13.3. The van der Waals surface area contributed by atoms with E-state index in [0.717, 1.165) is 40.8 Å². The number of unbranched alkanes of at least 4 members (excludes halogenated alkanes) is 3. The molecule has 3 heteroatoms. The highest BCUT2D eigenvalue weighted by atomic mass is 19.1. The average Bonchev–Trinajstić information content (AvgIpc) is 2.83. The summed E-state index contributed by atoms with van der Waals surface area (Å²) in [6.45, 7) is 5.35. The number of rotatable bonds is 12. The molecule has 2 nitrogen and oxygen atoms in total. The van der Waals surface area contributed by atoms with E-state index in [2.05, 4.69) is 41.0 Å². The normalized spacial score (nSPS) is 12.7. The highest BCUT2D eigenvalue weighted by Crippen LogP contribution is 2.15. The standard InChI is InChI=1S/C30H33FN2/c1-3-4-5-6-8-11-25-14-16-27(17-15-25)23-32-33-30(28-12-9-7-10-13-28)29-20-18-26(19-21-29)22-24(2)31/h3,7,9-10,12-21,23-24H,1,4-6,8,11,22H2,2H3. The third-order valence-corrected chi connectivity index (χ3v) is 5.51. The van der Waals surface area contributed by atoms with Gasteiger partial charge in [-0.05, 0) is 49.3 Å². The minimum Gasteiger partial charge on any atom is -0.247 e. The Morgan fingerprint density at radius 2 is 1.52 bits per heavy atom. The van der Waals surface area contributed by atoms with E-state index in [9.17, 15) is 4.39 Å². The minimum atomic E-state index is -0.855. The summed E-state index contributed by atoms with van der Waals surface area (Å²) in [5.41, 5.74) is 6.09. The number of aryl methyl sites for hydroxylation is 1. The maximum absolute atomic E-state index is 13.3. The lowest BCUT2D eigenvalue weighted by Crippen LogP contribution is -2.04. The number of benzene rings is 3. The molecule has 0 bridgehead atoms. The molecule has 3 aromatic rings. The SMILES string of the molecule is C=CCCCCCc1ccc(C=NN=C(c2ccccc2)c2ccc(CC(C)F)cc2)cc1. The van der Waals surface area contributed by atoms with Gasteiger partial charge in [-0.1, -0.05) is 91.4 Å². The van der Waals surface area contributed by atoms with E-state index in [-0.39, 0.29) is 0 Å². The van der Waals surface area contributed by atoms with Crippen molar-refractivity contribution in [2.45, 2.75) is 51.6 Å². The van der Waals surface area contributed by atoms with Crippen LogP contribution in [-0.4, -0.2) is 18.1 Å². The number of hydrogen-bond acceptors (Lipinski definition) is 2. The quantitative estimate of drug-likeness (QED) is 0.119. The number of nitrogens with zero attached hydrogens (tertiary/aromatic N) is 2. The van der Waals surface area contributed by atoms with Crippen molar-refractivity contribution in [1.82, 2.24) is 0 Å². The molecule has 3 aromatic carbocycles. The molecule has 0 fully saturated rings. The Morgan fingerprint density at radius 1 is 0.848 bits per heavy atom. The zero-order valence-electron chi connectivity index (χ0n) is 19.5. The highest BCUT2D eigenvalue weighted by Gasteiger charge is 2.08. The van der Waals surface area contributed by atoms with Crippen molar-refractivity contribution in [3.8, 4) is 0 Å². The van der Waals surface area contributed by atoms with Gasteiger partial charge in [0.25, 0.3) is 0 Å². The minimum absolute atomic E-state index is 0.418.